The Kier molecular flexibility index (Phi) is 2.93. The average Bonchev–Trinajstić information content (AvgIpc) is 2.78. The van der Waals surface area contributed by atoms with E-state index in [9.17, 15) is 0 Å². The van der Waals surface area contributed by atoms with E-state index >= 15 is 0 Å². The lowest BCUT2D eigenvalue weighted by molar-refractivity contribution is -0.125. The Labute approximate surface area is 122 Å². The molecule has 1 spiro atoms. The lowest BCUT2D eigenvalue weighted by Crippen LogP contribution is -2.46. The summed E-state index contributed by atoms with van der Waals surface area (Å²) in [5.41, 5.74) is 8.33. The van der Waals surface area contributed by atoms with Crippen LogP contribution in [0.5, 0.6) is 0 Å². The van der Waals surface area contributed by atoms with Gasteiger partial charge in [-0.15, -0.1) is 0 Å². The van der Waals surface area contributed by atoms with Gasteiger partial charge < -0.3 is 14.9 Å². The number of ether oxygens (including phenoxy) is 1. The van der Waals surface area contributed by atoms with Crippen molar-refractivity contribution in [2.45, 2.75) is 48.2 Å². The highest BCUT2D eigenvalue weighted by Crippen LogP contribution is 2.46. The number of benzene rings is 1. The fourth-order valence-electron chi connectivity index (χ4n) is 3.12. The zero-order chi connectivity index (χ0) is 13.6. The largest absolute Gasteiger partial charge is 0.431 e. The van der Waals surface area contributed by atoms with Gasteiger partial charge in [0.25, 0.3) is 5.22 Å². The quantitative estimate of drug-likeness (QED) is 0.856. The van der Waals surface area contributed by atoms with Gasteiger partial charge in [0.15, 0.2) is 5.58 Å². The molecular weight excluding hydrogens is 272 g/mol. The van der Waals surface area contributed by atoms with Crippen molar-refractivity contribution >= 4 is 28.5 Å². The Hall–Kier alpha value is -1.20. The number of fused-ring (bicyclic) bond motifs is 1. The molecule has 106 valence electrons. The van der Waals surface area contributed by atoms with E-state index in [1.54, 1.807) is 11.8 Å². The Morgan fingerprint density at radius 2 is 2.25 bits per heavy atom. The van der Waals surface area contributed by atoms with Crippen LogP contribution in [0.4, 0.5) is 5.69 Å². The molecule has 2 N–H and O–H groups in total. The first-order chi connectivity index (χ1) is 9.72. The van der Waals surface area contributed by atoms with Crippen LogP contribution in [-0.2, 0) is 4.74 Å². The molecule has 4 rings (SSSR count). The van der Waals surface area contributed by atoms with Crippen molar-refractivity contribution < 1.29 is 9.15 Å². The van der Waals surface area contributed by atoms with Crippen LogP contribution in [0, 0.1) is 0 Å². The first-order valence-corrected chi connectivity index (χ1v) is 8.07. The number of nitrogens with zero attached hydrogens (tertiary/aromatic N) is 1. The maximum atomic E-state index is 5.96. The molecule has 1 aromatic heterocycles. The number of oxazole rings is 1. The van der Waals surface area contributed by atoms with Crippen molar-refractivity contribution in [1.29, 1.82) is 0 Å². The summed E-state index contributed by atoms with van der Waals surface area (Å²) < 4.78 is 11.8. The van der Waals surface area contributed by atoms with Crippen LogP contribution in [0.25, 0.3) is 11.1 Å². The normalized spacial score (nSPS) is 24.9. The van der Waals surface area contributed by atoms with Crippen LogP contribution in [0.1, 0.15) is 32.1 Å². The van der Waals surface area contributed by atoms with Gasteiger partial charge in [-0.05, 0) is 50.3 Å². The minimum absolute atomic E-state index is 0.173. The van der Waals surface area contributed by atoms with Gasteiger partial charge in [0.1, 0.15) is 5.52 Å². The lowest BCUT2D eigenvalue weighted by atomic mass is 9.75. The standard InChI is InChI=1S/C15H18N2O2S/c16-10-2-3-13-12(8-10)17-14(19-13)20-11-4-7-18-15(9-11)5-1-6-15/h2-3,8,11H,1,4-7,9,16H2. The molecule has 0 radical (unpaired) electrons. The first-order valence-electron chi connectivity index (χ1n) is 7.19. The second-order valence-electron chi connectivity index (χ2n) is 5.82. The molecule has 1 aliphatic heterocycles. The van der Waals surface area contributed by atoms with Crippen molar-refractivity contribution in [2.75, 3.05) is 12.3 Å². The number of aromatic nitrogens is 1. The Balaban J connectivity index is 1.52. The first kappa shape index (κ1) is 12.5. The predicted molar refractivity (Wildman–Crippen MR) is 79.8 cm³/mol. The number of thioether (sulfide) groups is 1. The zero-order valence-corrected chi connectivity index (χ0v) is 12.1. The summed E-state index contributed by atoms with van der Waals surface area (Å²) in [5.74, 6) is 0. The molecule has 0 amide bonds. The van der Waals surface area contributed by atoms with Gasteiger partial charge in [0, 0.05) is 17.5 Å². The third-order valence-electron chi connectivity index (χ3n) is 4.37. The van der Waals surface area contributed by atoms with Crippen molar-refractivity contribution in [1.82, 2.24) is 4.98 Å². The van der Waals surface area contributed by atoms with E-state index in [1.807, 2.05) is 18.2 Å². The molecule has 1 unspecified atom stereocenters. The molecule has 4 nitrogen and oxygen atoms in total. The summed E-state index contributed by atoms with van der Waals surface area (Å²) in [5, 5.41) is 1.31. The average molecular weight is 290 g/mol. The van der Waals surface area contributed by atoms with E-state index < -0.39 is 0 Å². The molecule has 0 bridgehead atoms. The maximum absolute atomic E-state index is 5.96. The molecule has 1 aromatic carbocycles. The summed E-state index contributed by atoms with van der Waals surface area (Å²) in [6.45, 7) is 0.866. The van der Waals surface area contributed by atoms with E-state index in [0.717, 1.165) is 41.5 Å². The van der Waals surface area contributed by atoms with E-state index in [1.165, 1.54) is 19.3 Å². The molecule has 1 saturated carbocycles. The number of nitrogens with two attached hydrogens (primary N) is 1. The van der Waals surface area contributed by atoms with E-state index in [2.05, 4.69) is 4.98 Å². The van der Waals surface area contributed by atoms with Crippen LogP contribution < -0.4 is 5.73 Å². The molecule has 2 heterocycles. The predicted octanol–water partition coefficient (Wildman–Crippen LogP) is 3.60. The number of rotatable bonds is 2. The monoisotopic (exact) mass is 290 g/mol. The highest BCUT2D eigenvalue weighted by molar-refractivity contribution is 7.99. The summed E-state index contributed by atoms with van der Waals surface area (Å²) in [6, 6.07) is 5.60. The maximum Gasteiger partial charge on any atom is 0.257 e. The van der Waals surface area contributed by atoms with Crippen molar-refractivity contribution in [3.63, 3.8) is 0 Å². The van der Waals surface area contributed by atoms with Crippen LogP contribution in [0.15, 0.2) is 27.8 Å². The van der Waals surface area contributed by atoms with Crippen LogP contribution in [-0.4, -0.2) is 22.4 Å². The third kappa shape index (κ3) is 2.19. The molecule has 2 fully saturated rings. The topological polar surface area (TPSA) is 61.3 Å². The summed E-state index contributed by atoms with van der Waals surface area (Å²) in [7, 11) is 0. The molecule has 2 aromatic rings. The van der Waals surface area contributed by atoms with E-state index in [-0.39, 0.29) is 5.60 Å². The highest BCUT2D eigenvalue weighted by atomic mass is 32.2. The second kappa shape index (κ2) is 4.67. The number of nitrogen functional groups attached to an aromatic ring is 1. The summed E-state index contributed by atoms with van der Waals surface area (Å²) in [6.07, 6.45) is 5.94. The van der Waals surface area contributed by atoms with Crippen molar-refractivity contribution in [3.8, 4) is 0 Å². The van der Waals surface area contributed by atoms with E-state index in [4.69, 9.17) is 14.9 Å². The van der Waals surface area contributed by atoms with E-state index in [0.29, 0.717) is 5.25 Å². The highest BCUT2D eigenvalue weighted by Gasteiger charge is 2.43. The fourth-order valence-corrected chi connectivity index (χ4v) is 4.29. The number of hydrogen-bond acceptors (Lipinski definition) is 5. The molecule has 1 atom stereocenters. The van der Waals surface area contributed by atoms with Gasteiger partial charge in [-0.3, -0.25) is 0 Å². The van der Waals surface area contributed by atoms with Crippen molar-refractivity contribution in [2.24, 2.45) is 0 Å². The Morgan fingerprint density at radius 3 is 3.05 bits per heavy atom. The van der Waals surface area contributed by atoms with Gasteiger partial charge >= 0.3 is 0 Å². The van der Waals surface area contributed by atoms with Crippen LogP contribution in [0.3, 0.4) is 0 Å². The Morgan fingerprint density at radius 1 is 1.35 bits per heavy atom. The van der Waals surface area contributed by atoms with Gasteiger partial charge in [-0.1, -0.05) is 11.8 Å². The lowest BCUT2D eigenvalue weighted by Gasteiger charge is -2.46. The summed E-state index contributed by atoms with van der Waals surface area (Å²) >= 11 is 1.75. The van der Waals surface area contributed by atoms with Crippen LogP contribution >= 0.6 is 11.8 Å². The van der Waals surface area contributed by atoms with Gasteiger partial charge in [0.2, 0.25) is 0 Å². The molecule has 2 aliphatic rings. The SMILES string of the molecule is Nc1ccc2oc(SC3CCOC4(CCC4)C3)nc2c1. The Bertz CT molecular complexity index is 636. The minimum atomic E-state index is 0.173. The van der Waals surface area contributed by atoms with Gasteiger partial charge in [-0.2, -0.15) is 0 Å². The molecule has 20 heavy (non-hydrogen) atoms. The minimum Gasteiger partial charge on any atom is -0.431 e. The fraction of sp³-hybridized carbons (Fsp3) is 0.533. The molecule has 1 aliphatic carbocycles. The van der Waals surface area contributed by atoms with Gasteiger partial charge in [0.05, 0.1) is 5.60 Å². The van der Waals surface area contributed by atoms with Gasteiger partial charge in [-0.25, -0.2) is 4.98 Å². The molecule has 5 heteroatoms. The van der Waals surface area contributed by atoms with Crippen molar-refractivity contribution in [3.05, 3.63) is 18.2 Å². The number of anilines is 1. The third-order valence-corrected chi connectivity index (χ3v) is 5.48. The number of hydrogen-bond donors (Lipinski definition) is 1. The molecule has 1 saturated heterocycles. The van der Waals surface area contributed by atoms with Crippen LogP contribution in [0.2, 0.25) is 0 Å². The zero-order valence-electron chi connectivity index (χ0n) is 11.3. The molecular formula is C15H18N2O2S. The second-order valence-corrected chi connectivity index (χ2v) is 7.08. The smallest absolute Gasteiger partial charge is 0.257 e. The summed E-state index contributed by atoms with van der Waals surface area (Å²) in [4.78, 5) is 4.53.